The summed E-state index contributed by atoms with van der Waals surface area (Å²) in [5, 5.41) is 3.35. The smallest absolute Gasteiger partial charge is 0.257 e. The summed E-state index contributed by atoms with van der Waals surface area (Å²) in [5.74, 6) is -0.317. The molecule has 0 aliphatic heterocycles. The summed E-state index contributed by atoms with van der Waals surface area (Å²) >= 11 is 1.43. The van der Waals surface area contributed by atoms with E-state index in [0.717, 1.165) is 34.2 Å². The van der Waals surface area contributed by atoms with Gasteiger partial charge in [0.1, 0.15) is 0 Å². The number of sulfonamides is 1. The molecule has 0 saturated carbocycles. The maximum absolute atomic E-state index is 12.6. The fourth-order valence-corrected chi connectivity index (χ4v) is 5.16. The number of aromatic nitrogens is 1. The first kappa shape index (κ1) is 21.4. The first-order valence-corrected chi connectivity index (χ1v) is 11.7. The van der Waals surface area contributed by atoms with Crippen LogP contribution in [0.2, 0.25) is 0 Å². The number of fused-ring (bicyclic) bond motifs is 1. The molecule has 2 aromatic carbocycles. The molecule has 1 heterocycles. The van der Waals surface area contributed by atoms with Gasteiger partial charge in [0.2, 0.25) is 10.0 Å². The van der Waals surface area contributed by atoms with Crippen molar-refractivity contribution in [2.24, 2.45) is 0 Å². The zero-order valence-electron chi connectivity index (χ0n) is 17.0. The van der Waals surface area contributed by atoms with Crippen molar-refractivity contribution in [3.8, 4) is 0 Å². The molecule has 29 heavy (non-hydrogen) atoms. The number of nitrogens with zero attached hydrogens (tertiary/aromatic N) is 2. The number of thiazole rings is 1. The third kappa shape index (κ3) is 4.49. The second-order valence-corrected chi connectivity index (χ2v) is 10.1. The molecule has 0 aliphatic rings. The molecule has 0 aliphatic carbocycles. The second kappa shape index (κ2) is 8.61. The molecular formula is C21H25N3O3S2. The molecular weight excluding hydrogens is 406 g/mol. The Bertz CT molecular complexity index is 1100. The zero-order chi connectivity index (χ0) is 21.2. The first-order chi connectivity index (χ1) is 13.7. The lowest BCUT2D eigenvalue weighted by atomic mass is 10.1. The monoisotopic (exact) mass is 431 g/mol. The minimum Gasteiger partial charge on any atom is -0.298 e. The minimum atomic E-state index is -3.55. The highest BCUT2D eigenvalue weighted by atomic mass is 32.2. The first-order valence-electron chi connectivity index (χ1n) is 9.48. The predicted molar refractivity (Wildman–Crippen MR) is 118 cm³/mol. The summed E-state index contributed by atoms with van der Waals surface area (Å²) < 4.78 is 27.6. The van der Waals surface area contributed by atoms with Gasteiger partial charge in [-0.25, -0.2) is 17.7 Å². The second-order valence-electron chi connectivity index (χ2n) is 7.05. The topological polar surface area (TPSA) is 79.4 Å². The molecule has 154 valence electrons. The van der Waals surface area contributed by atoms with Crippen LogP contribution < -0.4 is 5.32 Å². The van der Waals surface area contributed by atoms with E-state index in [1.807, 2.05) is 32.9 Å². The minimum absolute atomic E-state index is 0.180. The van der Waals surface area contributed by atoms with Crippen LogP contribution in [-0.2, 0) is 10.0 Å². The van der Waals surface area contributed by atoms with Crippen LogP contribution in [0.15, 0.2) is 41.3 Å². The van der Waals surface area contributed by atoms with Gasteiger partial charge < -0.3 is 0 Å². The summed E-state index contributed by atoms with van der Waals surface area (Å²) in [5.41, 5.74) is 3.45. The van der Waals surface area contributed by atoms with Crippen molar-refractivity contribution < 1.29 is 13.2 Å². The number of aryl methyl sites for hydroxylation is 2. The van der Waals surface area contributed by atoms with Crippen LogP contribution in [-0.4, -0.2) is 37.2 Å². The molecule has 0 spiro atoms. The van der Waals surface area contributed by atoms with E-state index in [1.165, 1.54) is 39.9 Å². The van der Waals surface area contributed by atoms with Crippen molar-refractivity contribution in [2.75, 3.05) is 18.9 Å². The maximum Gasteiger partial charge on any atom is 0.257 e. The van der Waals surface area contributed by atoms with Crippen LogP contribution in [0.3, 0.4) is 0 Å². The Balaban J connectivity index is 1.77. The highest BCUT2D eigenvalue weighted by Gasteiger charge is 2.21. The van der Waals surface area contributed by atoms with Gasteiger partial charge in [0.25, 0.3) is 5.91 Å². The molecule has 3 aromatic rings. The molecule has 1 N–H and O–H groups in total. The van der Waals surface area contributed by atoms with E-state index < -0.39 is 10.0 Å². The predicted octanol–water partition coefficient (Wildman–Crippen LogP) is 4.59. The lowest BCUT2D eigenvalue weighted by Gasteiger charge is -2.16. The highest BCUT2D eigenvalue weighted by molar-refractivity contribution is 7.89. The lowest BCUT2D eigenvalue weighted by molar-refractivity contribution is 0.102. The third-order valence-corrected chi connectivity index (χ3v) is 7.79. The van der Waals surface area contributed by atoms with E-state index in [1.54, 1.807) is 7.05 Å². The summed E-state index contributed by atoms with van der Waals surface area (Å²) in [6, 6.07) is 10.1. The summed E-state index contributed by atoms with van der Waals surface area (Å²) in [6.45, 7) is 6.49. The van der Waals surface area contributed by atoms with Crippen molar-refractivity contribution in [1.29, 1.82) is 0 Å². The number of amides is 1. The number of carbonyl (C=O) groups excluding carboxylic acids is 1. The van der Waals surface area contributed by atoms with Gasteiger partial charge in [-0.05, 0) is 55.7 Å². The van der Waals surface area contributed by atoms with Crippen LogP contribution in [0, 0.1) is 13.8 Å². The number of carbonyl (C=O) groups is 1. The molecule has 1 amide bonds. The van der Waals surface area contributed by atoms with Gasteiger partial charge >= 0.3 is 0 Å². The number of nitrogens with one attached hydrogen (secondary N) is 1. The van der Waals surface area contributed by atoms with E-state index in [2.05, 4.69) is 10.3 Å². The van der Waals surface area contributed by atoms with Gasteiger partial charge in [0.05, 0.1) is 15.1 Å². The van der Waals surface area contributed by atoms with Crippen molar-refractivity contribution >= 4 is 42.6 Å². The molecule has 0 bridgehead atoms. The molecule has 3 rings (SSSR count). The van der Waals surface area contributed by atoms with E-state index in [9.17, 15) is 13.2 Å². The Kier molecular flexibility index (Phi) is 6.36. The highest BCUT2D eigenvalue weighted by Crippen LogP contribution is 2.31. The van der Waals surface area contributed by atoms with Gasteiger partial charge in [-0.15, -0.1) is 0 Å². The fraction of sp³-hybridized carbons (Fsp3) is 0.333. The maximum atomic E-state index is 12.6. The molecule has 0 fully saturated rings. The van der Waals surface area contributed by atoms with Crippen molar-refractivity contribution in [3.63, 3.8) is 0 Å². The number of hydrogen-bond donors (Lipinski definition) is 1. The number of rotatable bonds is 7. The molecule has 0 saturated heterocycles. The van der Waals surface area contributed by atoms with Crippen LogP contribution >= 0.6 is 11.3 Å². The largest absolute Gasteiger partial charge is 0.298 e. The fourth-order valence-electron chi connectivity index (χ4n) is 2.94. The Morgan fingerprint density at radius 1 is 1.10 bits per heavy atom. The Morgan fingerprint density at radius 3 is 2.38 bits per heavy atom. The van der Waals surface area contributed by atoms with E-state index in [4.69, 9.17) is 0 Å². The summed E-state index contributed by atoms with van der Waals surface area (Å²) in [6.07, 6.45) is 1.72. The number of hydrogen-bond acceptors (Lipinski definition) is 5. The van der Waals surface area contributed by atoms with Crippen LogP contribution in [0.4, 0.5) is 5.13 Å². The number of benzene rings is 2. The Labute approximate surface area is 175 Å². The van der Waals surface area contributed by atoms with Crippen molar-refractivity contribution in [3.05, 3.63) is 53.1 Å². The summed E-state index contributed by atoms with van der Waals surface area (Å²) in [7, 11) is -1.98. The molecule has 6 nitrogen and oxygen atoms in total. The quantitative estimate of drug-likeness (QED) is 0.594. The normalized spacial score (nSPS) is 11.9. The zero-order valence-corrected chi connectivity index (χ0v) is 18.7. The average Bonchev–Trinajstić information content (AvgIpc) is 3.14. The Morgan fingerprint density at radius 2 is 1.76 bits per heavy atom. The van der Waals surface area contributed by atoms with Gasteiger partial charge in [0.15, 0.2) is 5.13 Å². The standard InChI is InChI=1S/C21H25N3O3S2/c1-5-6-13-24(4)29(26,27)17-11-9-16(10-12-17)20(25)23-21-22-18-14(2)7-8-15(3)19(18)28-21/h7-12H,5-6,13H2,1-4H3,(H,22,23,25). The lowest BCUT2D eigenvalue weighted by Crippen LogP contribution is -2.28. The van der Waals surface area contributed by atoms with E-state index >= 15 is 0 Å². The summed E-state index contributed by atoms with van der Waals surface area (Å²) in [4.78, 5) is 17.3. The SMILES string of the molecule is CCCCN(C)S(=O)(=O)c1ccc(C(=O)Nc2nc3c(C)ccc(C)c3s2)cc1. The number of anilines is 1. The van der Waals surface area contributed by atoms with E-state index in [0.29, 0.717) is 17.2 Å². The van der Waals surface area contributed by atoms with Crippen LogP contribution in [0.1, 0.15) is 41.3 Å². The van der Waals surface area contributed by atoms with Crippen LogP contribution in [0.25, 0.3) is 10.2 Å². The Hall–Kier alpha value is -2.29. The average molecular weight is 432 g/mol. The third-order valence-electron chi connectivity index (χ3n) is 4.81. The molecule has 1 aromatic heterocycles. The van der Waals surface area contributed by atoms with Gasteiger partial charge in [-0.1, -0.05) is 36.8 Å². The molecule has 0 radical (unpaired) electrons. The van der Waals surface area contributed by atoms with Crippen LogP contribution in [0.5, 0.6) is 0 Å². The number of unbranched alkanes of at least 4 members (excludes halogenated alkanes) is 1. The molecule has 0 unspecified atom stereocenters. The van der Waals surface area contributed by atoms with E-state index in [-0.39, 0.29) is 10.8 Å². The van der Waals surface area contributed by atoms with Gasteiger partial charge in [-0.3, -0.25) is 10.1 Å². The van der Waals surface area contributed by atoms with Gasteiger partial charge in [0, 0.05) is 19.2 Å². The van der Waals surface area contributed by atoms with Crippen molar-refractivity contribution in [1.82, 2.24) is 9.29 Å². The van der Waals surface area contributed by atoms with Crippen molar-refractivity contribution in [2.45, 2.75) is 38.5 Å². The molecule has 0 atom stereocenters. The van der Waals surface area contributed by atoms with Gasteiger partial charge in [-0.2, -0.15) is 0 Å². The molecule has 8 heteroatoms.